The van der Waals surface area contributed by atoms with Gasteiger partial charge in [0.05, 0.1) is 20.3 Å². The fourth-order valence-electron chi connectivity index (χ4n) is 2.62. The highest BCUT2D eigenvalue weighted by Gasteiger charge is 2.16. The minimum Gasteiger partial charge on any atom is -0.493 e. The molecule has 0 fully saturated rings. The minimum atomic E-state index is -0.129. The number of carbonyl (C=O) groups is 3. The molecule has 0 aliphatic heterocycles. The van der Waals surface area contributed by atoms with Gasteiger partial charge in [0, 0.05) is 25.1 Å². The summed E-state index contributed by atoms with van der Waals surface area (Å²) < 4.78 is 11.0. The lowest BCUT2D eigenvalue weighted by atomic mass is 10.1. The van der Waals surface area contributed by atoms with E-state index in [1.165, 1.54) is 14.0 Å². The average molecular weight is 392 g/mol. The van der Waals surface area contributed by atoms with Gasteiger partial charge < -0.3 is 19.7 Å². The molecule has 2 amide bonds. The van der Waals surface area contributed by atoms with Crippen LogP contribution in [-0.4, -0.2) is 55.8 Å². The quantitative estimate of drug-likeness (QED) is 0.412. The van der Waals surface area contributed by atoms with Crippen LogP contribution in [0.4, 0.5) is 0 Å². The Labute approximate surface area is 167 Å². The maximum Gasteiger partial charge on any atom is 0.239 e. The standard InChI is InChI=1S/C21H32N2O5/c1-5-11-22-20(25)15-23(12-6-2)21(26)8-7-13-28-18-10-9-17(16(3)24)14-19(18)27-4/h9-10,14H,5-8,11-13,15H2,1-4H3,(H,22,25). The third-order valence-corrected chi connectivity index (χ3v) is 4.12. The van der Waals surface area contributed by atoms with E-state index in [1.807, 2.05) is 13.8 Å². The number of nitrogens with zero attached hydrogens (tertiary/aromatic N) is 1. The van der Waals surface area contributed by atoms with Crippen LogP contribution in [0.25, 0.3) is 0 Å². The van der Waals surface area contributed by atoms with Gasteiger partial charge in [-0.15, -0.1) is 0 Å². The summed E-state index contributed by atoms with van der Waals surface area (Å²) in [6, 6.07) is 5.02. The predicted molar refractivity (Wildman–Crippen MR) is 108 cm³/mol. The van der Waals surface area contributed by atoms with Crippen LogP contribution in [0.3, 0.4) is 0 Å². The van der Waals surface area contributed by atoms with Gasteiger partial charge in [-0.1, -0.05) is 13.8 Å². The van der Waals surface area contributed by atoms with E-state index in [1.54, 1.807) is 23.1 Å². The number of Topliss-reactive ketones (excluding diaryl/α,β-unsaturated/α-hetero) is 1. The monoisotopic (exact) mass is 392 g/mol. The lowest BCUT2D eigenvalue weighted by Crippen LogP contribution is -2.41. The number of hydrogen-bond donors (Lipinski definition) is 1. The summed E-state index contributed by atoms with van der Waals surface area (Å²) >= 11 is 0. The maximum atomic E-state index is 12.4. The van der Waals surface area contributed by atoms with Crippen molar-refractivity contribution in [3.8, 4) is 11.5 Å². The van der Waals surface area contributed by atoms with E-state index in [-0.39, 0.29) is 24.1 Å². The van der Waals surface area contributed by atoms with E-state index in [9.17, 15) is 14.4 Å². The third-order valence-electron chi connectivity index (χ3n) is 4.12. The molecule has 28 heavy (non-hydrogen) atoms. The largest absolute Gasteiger partial charge is 0.493 e. The van der Waals surface area contributed by atoms with Crippen LogP contribution in [0.5, 0.6) is 11.5 Å². The fraction of sp³-hybridized carbons (Fsp3) is 0.571. The molecule has 0 unspecified atom stereocenters. The van der Waals surface area contributed by atoms with Gasteiger partial charge in [0.1, 0.15) is 0 Å². The first-order chi connectivity index (χ1) is 13.4. The molecule has 1 rings (SSSR count). The highest BCUT2D eigenvalue weighted by atomic mass is 16.5. The van der Waals surface area contributed by atoms with Crippen molar-refractivity contribution >= 4 is 17.6 Å². The number of amides is 2. The first-order valence-electron chi connectivity index (χ1n) is 9.79. The molecule has 0 saturated carbocycles. The number of methoxy groups -OCH3 is 1. The molecule has 1 aromatic carbocycles. The van der Waals surface area contributed by atoms with Gasteiger partial charge in [0.15, 0.2) is 17.3 Å². The fourth-order valence-corrected chi connectivity index (χ4v) is 2.62. The summed E-state index contributed by atoms with van der Waals surface area (Å²) in [5, 5.41) is 2.79. The summed E-state index contributed by atoms with van der Waals surface area (Å²) in [4.78, 5) is 37.3. The second-order valence-corrected chi connectivity index (χ2v) is 6.54. The van der Waals surface area contributed by atoms with Crippen molar-refractivity contribution in [3.05, 3.63) is 23.8 Å². The molecule has 0 aliphatic carbocycles. The normalized spacial score (nSPS) is 10.3. The predicted octanol–water partition coefficient (Wildman–Crippen LogP) is 2.82. The second kappa shape index (κ2) is 12.8. The smallest absolute Gasteiger partial charge is 0.239 e. The van der Waals surface area contributed by atoms with E-state index in [4.69, 9.17) is 9.47 Å². The molecule has 7 heteroatoms. The van der Waals surface area contributed by atoms with Crippen molar-refractivity contribution in [3.63, 3.8) is 0 Å². The summed E-state index contributed by atoms with van der Waals surface area (Å²) in [6.45, 7) is 7.05. The molecule has 1 N–H and O–H groups in total. The van der Waals surface area contributed by atoms with Gasteiger partial charge in [0.25, 0.3) is 0 Å². The molecule has 0 spiro atoms. The topological polar surface area (TPSA) is 84.9 Å². The van der Waals surface area contributed by atoms with Crippen molar-refractivity contribution in [2.24, 2.45) is 0 Å². The Morgan fingerprint density at radius 2 is 1.86 bits per heavy atom. The van der Waals surface area contributed by atoms with Crippen molar-refractivity contribution in [1.29, 1.82) is 0 Å². The molecule has 7 nitrogen and oxygen atoms in total. The summed E-state index contributed by atoms with van der Waals surface area (Å²) in [7, 11) is 1.52. The molecular formula is C21H32N2O5. The van der Waals surface area contributed by atoms with Crippen LogP contribution in [0, 0.1) is 0 Å². The Hall–Kier alpha value is -2.57. The zero-order valence-corrected chi connectivity index (χ0v) is 17.4. The zero-order valence-electron chi connectivity index (χ0n) is 17.4. The van der Waals surface area contributed by atoms with Crippen LogP contribution in [0.15, 0.2) is 18.2 Å². The Morgan fingerprint density at radius 3 is 2.46 bits per heavy atom. The molecule has 0 aliphatic rings. The van der Waals surface area contributed by atoms with Crippen molar-refractivity contribution in [2.45, 2.75) is 46.5 Å². The van der Waals surface area contributed by atoms with E-state index in [0.717, 1.165) is 12.8 Å². The summed E-state index contributed by atoms with van der Waals surface area (Å²) in [5.74, 6) is 0.782. The number of ketones is 1. The lowest BCUT2D eigenvalue weighted by molar-refractivity contribution is -0.136. The number of hydrogen-bond acceptors (Lipinski definition) is 5. The summed E-state index contributed by atoms with van der Waals surface area (Å²) in [6.07, 6.45) is 2.48. The van der Waals surface area contributed by atoms with Gasteiger partial charge in [-0.05, 0) is 44.4 Å². The Kier molecular flexibility index (Phi) is 10.7. The van der Waals surface area contributed by atoms with E-state index in [0.29, 0.717) is 49.6 Å². The first kappa shape index (κ1) is 23.5. The Morgan fingerprint density at radius 1 is 1.11 bits per heavy atom. The Balaban J connectivity index is 2.51. The van der Waals surface area contributed by atoms with Crippen molar-refractivity contribution < 1.29 is 23.9 Å². The summed E-state index contributed by atoms with van der Waals surface area (Å²) in [5.41, 5.74) is 0.552. The minimum absolute atomic E-state index is 0.0468. The van der Waals surface area contributed by atoms with E-state index >= 15 is 0 Å². The third kappa shape index (κ3) is 7.98. The number of carbonyl (C=O) groups excluding carboxylic acids is 3. The van der Waals surface area contributed by atoms with Crippen LogP contribution < -0.4 is 14.8 Å². The van der Waals surface area contributed by atoms with Gasteiger partial charge >= 0.3 is 0 Å². The average Bonchev–Trinajstić information content (AvgIpc) is 2.68. The molecule has 0 bridgehead atoms. The van der Waals surface area contributed by atoms with Crippen LogP contribution >= 0.6 is 0 Å². The molecule has 0 aromatic heterocycles. The first-order valence-corrected chi connectivity index (χ1v) is 9.79. The van der Waals surface area contributed by atoms with Crippen molar-refractivity contribution in [1.82, 2.24) is 10.2 Å². The highest BCUT2D eigenvalue weighted by molar-refractivity contribution is 5.94. The van der Waals surface area contributed by atoms with Gasteiger partial charge in [0.2, 0.25) is 11.8 Å². The molecule has 1 aromatic rings. The Bertz CT molecular complexity index is 660. The van der Waals surface area contributed by atoms with E-state index < -0.39 is 0 Å². The number of rotatable bonds is 13. The lowest BCUT2D eigenvalue weighted by Gasteiger charge is -2.21. The molecule has 0 atom stereocenters. The second-order valence-electron chi connectivity index (χ2n) is 6.54. The molecular weight excluding hydrogens is 360 g/mol. The molecule has 0 saturated heterocycles. The molecule has 156 valence electrons. The van der Waals surface area contributed by atoms with Gasteiger partial charge in [-0.25, -0.2) is 0 Å². The highest BCUT2D eigenvalue weighted by Crippen LogP contribution is 2.28. The maximum absolute atomic E-state index is 12.4. The van der Waals surface area contributed by atoms with Gasteiger partial charge in [-0.2, -0.15) is 0 Å². The molecule has 0 radical (unpaired) electrons. The molecule has 0 heterocycles. The van der Waals surface area contributed by atoms with Gasteiger partial charge in [-0.3, -0.25) is 14.4 Å². The number of nitrogens with one attached hydrogen (secondary N) is 1. The number of ether oxygens (including phenoxy) is 2. The SMILES string of the molecule is CCCNC(=O)CN(CCC)C(=O)CCCOc1ccc(C(C)=O)cc1OC. The van der Waals surface area contributed by atoms with E-state index in [2.05, 4.69) is 5.32 Å². The zero-order chi connectivity index (χ0) is 20.9. The van der Waals surface area contributed by atoms with Crippen LogP contribution in [0.1, 0.15) is 56.8 Å². The van der Waals surface area contributed by atoms with Crippen LogP contribution in [-0.2, 0) is 9.59 Å². The number of benzene rings is 1. The van der Waals surface area contributed by atoms with Crippen molar-refractivity contribution in [2.75, 3.05) is 33.4 Å². The van der Waals surface area contributed by atoms with Crippen LogP contribution in [0.2, 0.25) is 0 Å².